The van der Waals surface area contributed by atoms with Crippen LogP contribution in [0.2, 0.25) is 0 Å². The fourth-order valence-corrected chi connectivity index (χ4v) is 2.46. The van der Waals surface area contributed by atoms with Crippen molar-refractivity contribution in [2.45, 2.75) is 6.92 Å². The van der Waals surface area contributed by atoms with Crippen LogP contribution in [-0.4, -0.2) is 11.6 Å². The molecule has 0 fully saturated rings. The Morgan fingerprint density at radius 3 is 1.88 bits per heavy atom. The summed E-state index contributed by atoms with van der Waals surface area (Å²) in [5.41, 5.74) is 2.02. The molecule has 3 aromatic carbocycles. The molecule has 0 saturated carbocycles. The zero-order chi connectivity index (χ0) is 18.4. The maximum atomic E-state index is 12.9. The number of carbonyl (C=O) groups is 2. The van der Waals surface area contributed by atoms with Crippen LogP contribution < -0.4 is 4.74 Å². The summed E-state index contributed by atoms with van der Waals surface area (Å²) in [6.07, 6.45) is 1.72. The van der Waals surface area contributed by atoms with Crippen molar-refractivity contribution in [2.75, 3.05) is 0 Å². The van der Waals surface area contributed by atoms with Crippen LogP contribution in [0.1, 0.15) is 33.2 Å². The van der Waals surface area contributed by atoms with Gasteiger partial charge in [0.25, 0.3) is 0 Å². The van der Waals surface area contributed by atoms with E-state index in [2.05, 4.69) is 0 Å². The lowest BCUT2D eigenvalue weighted by molar-refractivity contribution is 0.0985. The predicted octanol–water partition coefficient (Wildman–Crippen LogP) is 5.19. The molecule has 0 unspecified atom stereocenters. The first-order valence-electron chi connectivity index (χ1n) is 8.29. The van der Waals surface area contributed by atoms with E-state index in [1.807, 2.05) is 48.5 Å². The monoisotopic (exact) mass is 342 g/mol. The summed E-state index contributed by atoms with van der Waals surface area (Å²) in [6, 6.07) is 25.3. The third kappa shape index (κ3) is 4.33. The van der Waals surface area contributed by atoms with Gasteiger partial charge in [-0.15, -0.1) is 0 Å². The second kappa shape index (κ2) is 8.08. The van der Waals surface area contributed by atoms with E-state index in [1.54, 1.807) is 42.5 Å². The van der Waals surface area contributed by atoms with Crippen molar-refractivity contribution in [1.82, 2.24) is 0 Å². The molecule has 0 radical (unpaired) electrons. The first-order valence-corrected chi connectivity index (χ1v) is 8.29. The number of rotatable bonds is 6. The van der Waals surface area contributed by atoms with Crippen LogP contribution in [0.15, 0.2) is 90.7 Å². The highest BCUT2D eigenvalue weighted by atomic mass is 16.5. The van der Waals surface area contributed by atoms with Crippen molar-refractivity contribution < 1.29 is 14.3 Å². The minimum absolute atomic E-state index is 0.0167. The molecule has 0 aliphatic rings. The third-order valence-corrected chi connectivity index (χ3v) is 3.85. The van der Waals surface area contributed by atoms with Crippen LogP contribution in [0.4, 0.5) is 0 Å². The van der Waals surface area contributed by atoms with Crippen LogP contribution in [0, 0.1) is 0 Å². The Labute approximate surface area is 152 Å². The predicted molar refractivity (Wildman–Crippen MR) is 102 cm³/mol. The minimum atomic E-state index is -0.204. The van der Waals surface area contributed by atoms with Crippen molar-refractivity contribution in [3.8, 4) is 5.75 Å². The summed E-state index contributed by atoms with van der Waals surface area (Å²) >= 11 is 0. The number of hydrogen-bond donors (Lipinski definition) is 0. The fraction of sp³-hybridized carbons (Fsp3) is 0.0435. The summed E-state index contributed by atoms with van der Waals surface area (Å²) in [4.78, 5) is 24.3. The maximum absolute atomic E-state index is 12.9. The van der Waals surface area contributed by atoms with E-state index >= 15 is 0 Å². The second-order valence-electron chi connectivity index (χ2n) is 5.80. The van der Waals surface area contributed by atoms with Crippen molar-refractivity contribution in [2.24, 2.45) is 0 Å². The molecular formula is C23H18O3. The fourth-order valence-electron chi connectivity index (χ4n) is 2.46. The third-order valence-electron chi connectivity index (χ3n) is 3.85. The average Bonchev–Trinajstić information content (AvgIpc) is 2.69. The maximum Gasteiger partial charge on any atom is 0.228 e. The molecule has 0 amide bonds. The van der Waals surface area contributed by atoms with E-state index in [4.69, 9.17) is 4.74 Å². The van der Waals surface area contributed by atoms with Gasteiger partial charge >= 0.3 is 0 Å². The first-order chi connectivity index (χ1) is 12.6. The van der Waals surface area contributed by atoms with Gasteiger partial charge in [-0.05, 0) is 42.8 Å². The highest BCUT2D eigenvalue weighted by molar-refractivity contribution is 6.10. The smallest absolute Gasteiger partial charge is 0.228 e. The molecule has 0 aliphatic carbocycles. The lowest BCUT2D eigenvalue weighted by Crippen LogP contribution is -2.09. The first kappa shape index (κ1) is 17.4. The van der Waals surface area contributed by atoms with Gasteiger partial charge in [-0.1, -0.05) is 60.7 Å². The van der Waals surface area contributed by atoms with Gasteiger partial charge in [0.1, 0.15) is 5.75 Å². The molecule has 0 heterocycles. The molecule has 3 rings (SSSR count). The normalized spacial score (nSPS) is 11.0. The van der Waals surface area contributed by atoms with Crippen molar-refractivity contribution >= 4 is 17.6 Å². The molecule has 3 nitrogen and oxygen atoms in total. The highest BCUT2D eigenvalue weighted by Gasteiger charge is 2.15. The van der Waals surface area contributed by atoms with Gasteiger partial charge in [-0.2, -0.15) is 0 Å². The van der Waals surface area contributed by atoms with Crippen LogP contribution in [0.3, 0.4) is 0 Å². The number of carbonyl (C=O) groups excluding carboxylic acids is 2. The summed E-state index contributed by atoms with van der Waals surface area (Å²) < 4.78 is 5.87. The van der Waals surface area contributed by atoms with Gasteiger partial charge < -0.3 is 4.74 Å². The van der Waals surface area contributed by atoms with E-state index < -0.39 is 0 Å². The van der Waals surface area contributed by atoms with E-state index in [0.29, 0.717) is 16.9 Å². The molecule has 3 heteroatoms. The Morgan fingerprint density at radius 2 is 1.31 bits per heavy atom. The molecular weight excluding hydrogens is 324 g/mol. The van der Waals surface area contributed by atoms with E-state index in [-0.39, 0.29) is 17.3 Å². The summed E-state index contributed by atoms with van der Waals surface area (Å²) in [6.45, 7) is 1.51. The molecule has 0 aliphatic heterocycles. The van der Waals surface area contributed by atoms with Gasteiger partial charge in [0, 0.05) is 11.1 Å². The van der Waals surface area contributed by atoms with Gasteiger partial charge in [0.2, 0.25) is 5.78 Å². The average molecular weight is 342 g/mol. The zero-order valence-corrected chi connectivity index (χ0v) is 14.4. The topological polar surface area (TPSA) is 43.4 Å². The van der Waals surface area contributed by atoms with Gasteiger partial charge in [0.05, 0.1) is 0 Å². The number of ether oxygens (including phenoxy) is 1. The quantitative estimate of drug-likeness (QED) is 0.352. The van der Waals surface area contributed by atoms with Crippen LogP contribution in [0.25, 0.3) is 6.08 Å². The summed E-state index contributed by atoms with van der Waals surface area (Å²) in [5.74, 6) is 0.501. The molecule has 0 spiro atoms. The number of ketones is 2. The Morgan fingerprint density at radius 1 is 0.731 bits per heavy atom. The minimum Gasteiger partial charge on any atom is -0.453 e. The highest BCUT2D eigenvalue weighted by Crippen LogP contribution is 2.20. The zero-order valence-electron chi connectivity index (χ0n) is 14.4. The largest absolute Gasteiger partial charge is 0.453 e. The number of hydrogen-bond acceptors (Lipinski definition) is 3. The molecule has 128 valence electrons. The molecule has 0 saturated heterocycles. The van der Waals surface area contributed by atoms with Crippen LogP contribution in [-0.2, 0) is 0 Å². The lowest BCUT2D eigenvalue weighted by Gasteiger charge is -2.10. The molecule has 0 bridgehead atoms. The number of benzene rings is 3. The Kier molecular flexibility index (Phi) is 5.40. The van der Waals surface area contributed by atoms with Crippen LogP contribution in [0.5, 0.6) is 5.75 Å². The van der Waals surface area contributed by atoms with E-state index in [9.17, 15) is 9.59 Å². The Balaban J connectivity index is 1.94. The Hall–Kier alpha value is -3.46. The van der Waals surface area contributed by atoms with E-state index in [1.165, 1.54) is 6.92 Å². The van der Waals surface area contributed by atoms with Gasteiger partial charge in [-0.25, -0.2) is 0 Å². The second-order valence-corrected chi connectivity index (χ2v) is 5.80. The Bertz CT molecular complexity index is 924. The van der Waals surface area contributed by atoms with E-state index in [0.717, 1.165) is 5.56 Å². The number of allylic oxidation sites excluding steroid dienone is 1. The number of Topliss-reactive ketones (excluding diaryl/α,β-unsaturated/α-hetero) is 2. The molecule has 26 heavy (non-hydrogen) atoms. The molecule has 3 aromatic rings. The van der Waals surface area contributed by atoms with Crippen molar-refractivity contribution in [3.05, 3.63) is 107 Å². The SMILES string of the molecule is CC(=O)c1ccc(O/C(=C\c2ccccc2)C(=O)c2ccccc2)cc1. The summed E-state index contributed by atoms with van der Waals surface area (Å²) in [5, 5.41) is 0. The standard InChI is InChI=1S/C23H18O3/c1-17(24)19-12-14-21(15-13-19)26-22(16-18-8-4-2-5-9-18)23(25)20-10-6-3-7-11-20/h2-16H,1H3/b22-16-. The van der Waals surface area contributed by atoms with Gasteiger partial charge in [-0.3, -0.25) is 9.59 Å². The lowest BCUT2D eigenvalue weighted by atomic mass is 10.1. The molecule has 0 N–H and O–H groups in total. The molecule has 0 aromatic heterocycles. The summed E-state index contributed by atoms with van der Waals surface area (Å²) in [7, 11) is 0. The van der Waals surface area contributed by atoms with Crippen molar-refractivity contribution in [1.29, 1.82) is 0 Å². The molecule has 0 atom stereocenters. The van der Waals surface area contributed by atoms with Gasteiger partial charge in [0.15, 0.2) is 11.5 Å². The van der Waals surface area contributed by atoms with Crippen LogP contribution >= 0.6 is 0 Å². The van der Waals surface area contributed by atoms with Crippen molar-refractivity contribution in [3.63, 3.8) is 0 Å².